The number of hydrogen-bond donors (Lipinski definition) is 1. The largest absolute Gasteiger partial charge is 0.368 e. The lowest BCUT2D eigenvalue weighted by Gasteiger charge is -2.14. The van der Waals surface area contributed by atoms with Gasteiger partial charge in [0.25, 0.3) is 0 Å². The van der Waals surface area contributed by atoms with Gasteiger partial charge in [0.2, 0.25) is 0 Å². The van der Waals surface area contributed by atoms with E-state index < -0.39 is 11.6 Å². The van der Waals surface area contributed by atoms with Gasteiger partial charge < -0.3 is 5.32 Å². The number of aromatic nitrogens is 1. The van der Waals surface area contributed by atoms with Gasteiger partial charge in [0, 0.05) is 34.3 Å². The van der Waals surface area contributed by atoms with Crippen molar-refractivity contribution >= 4 is 29.2 Å². The molecular formula is C19H13ClF2N2S. The number of thioether (sulfide) groups is 1. The number of anilines is 1. The summed E-state index contributed by atoms with van der Waals surface area (Å²) < 4.78 is 27.3. The number of nitrogens with one attached hydrogen (secondary N) is 1. The normalized spacial score (nSPS) is 15.7. The Kier molecular flexibility index (Phi) is 4.36. The van der Waals surface area contributed by atoms with Crippen molar-refractivity contribution in [1.82, 2.24) is 4.98 Å². The maximum Gasteiger partial charge on any atom is 0.131 e. The lowest BCUT2D eigenvalue weighted by Crippen LogP contribution is -1.98. The van der Waals surface area contributed by atoms with E-state index >= 15 is 0 Å². The van der Waals surface area contributed by atoms with E-state index in [4.69, 9.17) is 11.6 Å². The minimum Gasteiger partial charge on any atom is -0.368 e. The van der Waals surface area contributed by atoms with Crippen LogP contribution in [0.3, 0.4) is 0 Å². The minimum absolute atomic E-state index is 0.0891. The lowest BCUT2D eigenvalue weighted by atomic mass is 10.00. The fourth-order valence-electron chi connectivity index (χ4n) is 2.97. The Morgan fingerprint density at radius 1 is 1.04 bits per heavy atom. The third kappa shape index (κ3) is 3.34. The molecular weight excluding hydrogens is 362 g/mol. The monoisotopic (exact) mass is 374 g/mol. The van der Waals surface area contributed by atoms with E-state index in [-0.39, 0.29) is 5.25 Å². The molecule has 25 heavy (non-hydrogen) atoms. The van der Waals surface area contributed by atoms with Gasteiger partial charge in [-0.2, -0.15) is 0 Å². The summed E-state index contributed by atoms with van der Waals surface area (Å²) in [5, 5.41) is 4.05. The molecule has 0 spiro atoms. The Hall–Kier alpha value is -2.11. The van der Waals surface area contributed by atoms with E-state index in [1.54, 1.807) is 24.0 Å². The number of nitrogens with zero attached hydrogens (tertiary/aromatic N) is 1. The standard InChI is InChI=1S/C19H13ClF2N2S/c20-12-1-3-15(4-2-12)25-17-10-24-19-18(17)16(5-6-23-19)11-7-13(21)9-14(22)8-11/h1-9,17H,10H2,(H,23,24). The highest BCUT2D eigenvalue weighted by atomic mass is 35.5. The first-order valence-corrected chi connectivity index (χ1v) is 8.97. The number of fused-ring (bicyclic) bond motifs is 1. The molecule has 0 fully saturated rings. The van der Waals surface area contributed by atoms with Crippen molar-refractivity contribution in [2.75, 3.05) is 11.9 Å². The van der Waals surface area contributed by atoms with Crippen LogP contribution in [-0.4, -0.2) is 11.5 Å². The van der Waals surface area contributed by atoms with Crippen LogP contribution < -0.4 is 5.32 Å². The SMILES string of the molecule is Fc1cc(F)cc(-c2ccnc3c2C(Sc2ccc(Cl)cc2)CN3)c1. The molecule has 1 atom stereocenters. The van der Waals surface area contributed by atoms with E-state index in [2.05, 4.69) is 10.3 Å². The van der Waals surface area contributed by atoms with Gasteiger partial charge in [-0.1, -0.05) is 11.6 Å². The van der Waals surface area contributed by atoms with E-state index in [9.17, 15) is 8.78 Å². The first-order valence-electron chi connectivity index (χ1n) is 7.71. The average Bonchev–Trinajstić information content (AvgIpc) is 2.99. The first kappa shape index (κ1) is 16.4. The molecule has 1 aliphatic heterocycles. The number of benzene rings is 2. The maximum atomic E-state index is 13.7. The average molecular weight is 375 g/mol. The summed E-state index contributed by atoms with van der Waals surface area (Å²) in [6, 6.07) is 13.0. The summed E-state index contributed by atoms with van der Waals surface area (Å²) in [6.45, 7) is 0.699. The van der Waals surface area contributed by atoms with Crippen LogP contribution in [0.25, 0.3) is 11.1 Å². The smallest absolute Gasteiger partial charge is 0.131 e. The summed E-state index contributed by atoms with van der Waals surface area (Å²) >= 11 is 7.61. The van der Waals surface area contributed by atoms with E-state index in [0.29, 0.717) is 17.1 Å². The molecule has 1 aliphatic rings. The van der Waals surface area contributed by atoms with Gasteiger partial charge in [-0.05, 0) is 53.6 Å². The van der Waals surface area contributed by atoms with Gasteiger partial charge in [-0.15, -0.1) is 11.8 Å². The van der Waals surface area contributed by atoms with E-state index in [1.165, 1.54) is 12.1 Å². The number of pyridine rings is 1. The molecule has 2 aromatic carbocycles. The summed E-state index contributed by atoms with van der Waals surface area (Å²) in [5.74, 6) is -0.421. The Balaban J connectivity index is 1.74. The van der Waals surface area contributed by atoms with Gasteiger partial charge in [-0.25, -0.2) is 13.8 Å². The fraction of sp³-hybridized carbons (Fsp3) is 0.105. The molecule has 6 heteroatoms. The molecule has 0 saturated carbocycles. The van der Waals surface area contributed by atoms with Gasteiger partial charge in [0.05, 0.1) is 5.25 Å². The van der Waals surface area contributed by atoms with Gasteiger partial charge in [0.15, 0.2) is 0 Å². The Bertz CT molecular complexity index is 911. The molecule has 0 bridgehead atoms. The second-order valence-corrected chi connectivity index (χ2v) is 7.43. The van der Waals surface area contributed by atoms with Crippen molar-refractivity contribution in [2.24, 2.45) is 0 Å². The van der Waals surface area contributed by atoms with Crippen LogP contribution in [0, 0.1) is 11.6 Å². The number of rotatable bonds is 3. The lowest BCUT2D eigenvalue weighted by molar-refractivity contribution is 0.584. The van der Waals surface area contributed by atoms with Crippen molar-refractivity contribution < 1.29 is 8.78 Å². The van der Waals surface area contributed by atoms with E-state index in [0.717, 1.165) is 27.9 Å². The number of halogens is 3. The highest BCUT2D eigenvalue weighted by molar-refractivity contribution is 7.99. The second-order valence-electron chi connectivity index (χ2n) is 5.72. The van der Waals surface area contributed by atoms with Gasteiger partial charge in [0.1, 0.15) is 17.5 Å². The predicted octanol–water partition coefficient (Wildman–Crippen LogP) is 5.94. The fourth-order valence-corrected chi connectivity index (χ4v) is 4.24. The van der Waals surface area contributed by atoms with Crippen LogP contribution in [0.2, 0.25) is 5.02 Å². The molecule has 0 amide bonds. The Morgan fingerprint density at radius 2 is 1.76 bits per heavy atom. The van der Waals surface area contributed by atoms with Crippen LogP contribution >= 0.6 is 23.4 Å². The van der Waals surface area contributed by atoms with Crippen molar-refractivity contribution in [3.8, 4) is 11.1 Å². The molecule has 0 aliphatic carbocycles. The Labute approximate surface area is 153 Å². The molecule has 126 valence electrons. The zero-order valence-corrected chi connectivity index (χ0v) is 14.5. The predicted molar refractivity (Wildman–Crippen MR) is 98.1 cm³/mol. The molecule has 2 nitrogen and oxygen atoms in total. The Morgan fingerprint density at radius 3 is 2.48 bits per heavy atom. The zero-order valence-electron chi connectivity index (χ0n) is 13.0. The number of hydrogen-bond acceptors (Lipinski definition) is 3. The summed E-state index contributed by atoms with van der Waals surface area (Å²) in [7, 11) is 0. The molecule has 0 radical (unpaired) electrons. The molecule has 1 aromatic heterocycles. The van der Waals surface area contributed by atoms with Crippen LogP contribution in [0.1, 0.15) is 10.8 Å². The van der Waals surface area contributed by atoms with Crippen LogP contribution in [0.5, 0.6) is 0 Å². The van der Waals surface area contributed by atoms with Crippen LogP contribution in [0.4, 0.5) is 14.6 Å². The second kappa shape index (κ2) is 6.65. The highest BCUT2D eigenvalue weighted by Gasteiger charge is 2.28. The van der Waals surface area contributed by atoms with Crippen LogP contribution in [0.15, 0.2) is 59.6 Å². The molecule has 0 saturated heterocycles. The van der Waals surface area contributed by atoms with Crippen molar-refractivity contribution in [3.63, 3.8) is 0 Å². The minimum atomic E-state index is -0.589. The molecule has 3 aromatic rings. The van der Waals surface area contributed by atoms with Crippen molar-refractivity contribution in [3.05, 3.63) is 76.9 Å². The van der Waals surface area contributed by atoms with E-state index in [1.807, 2.05) is 24.3 Å². The summed E-state index contributed by atoms with van der Waals surface area (Å²) in [5.41, 5.74) is 2.27. The first-order chi connectivity index (χ1) is 12.1. The van der Waals surface area contributed by atoms with Gasteiger partial charge >= 0.3 is 0 Å². The molecule has 1 unspecified atom stereocenters. The zero-order chi connectivity index (χ0) is 17.4. The molecule has 1 N–H and O–H groups in total. The summed E-state index contributed by atoms with van der Waals surface area (Å²) in [4.78, 5) is 5.44. The van der Waals surface area contributed by atoms with Crippen molar-refractivity contribution in [2.45, 2.75) is 10.1 Å². The van der Waals surface area contributed by atoms with Gasteiger partial charge in [-0.3, -0.25) is 0 Å². The highest BCUT2D eigenvalue weighted by Crippen LogP contribution is 2.46. The maximum absolute atomic E-state index is 13.7. The molecule has 4 rings (SSSR count). The van der Waals surface area contributed by atoms with Crippen LogP contribution in [-0.2, 0) is 0 Å². The summed E-state index contributed by atoms with van der Waals surface area (Å²) in [6.07, 6.45) is 1.65. The van der Waals surface area contributed by atoms with Crippen molar-refractivity contribution in [1.29, 1.82) is 0 Å². The third-order valence-electron chi connectivity index (χ3n) is 4.03. The topological polar surface area (TPSA) is 24.9 Å². The third-order valence-corrected chi connectivity index (χ3v) is 5.52. The quantitative estimate of drug-likeness (QED) is 0.614. The molecule has 2 heterocycles.